The van der Waals surface area contributed by atoms with Crippen LogP contribution in [-0.2, 0) is 42.2 Å². The van der Waals surface area contributed by atoms with Crippen LogP contribution in [0.1, 0.15) is 162 Å². The average molecular weight is 941 g/mol. The van der Waals surface area contributed by atoms with E-state index in [2.05, 4.69) is 99.8 Å². The molecule has 2 N–H and O–H groups in total. The van der Waals surface area contributed by atoms with E-state index in [4.69, 9.17) is 23.3 Å². The zero-order chi connectivity index (χ0) is 48.4. The van der Waals surface area contributed by atoms with E-state index in [-0.39, 0.29) is 19.3 Å². The van der Waals surface area contributed by atoms with Gasteiger partial charge in [-0.2, -0.15) is 0 Å². The summed E-state index contributed by atoms with van der Waals surface area (Å²) in [5.41, 5.74) is 0. The molecule has 0 aliphatic rings. The molecule has 0 spiro atoms. The Bertz CT molecular complexity index is 1570. The minimum atomic E-state index is -4.79. The third kappa shape index (κ3) is 45.1. The fourth-order valence-electron chi connectivity index (χ4n) is 5.72. The fraction of sp³-hybridized carbons (Fsp3) is 0.574. The van der Waals surface area contributed by atoms with E-state index >= 15 is 0 Å². The summed E-state index contributed by atoms with van der Waals surface area (Å²) >= 11 is 0. The van der Waals surface area contributed by atoms with Gasteiger partial charge >= 0.3 is 25.7 Å². The SMILES string of the molecule is CC/C=C\C/C=C\C/C=C\C/C=C\C/C=C\CC(=O)OC(COC(=O)CCCCCCC/C=C\CCCC)COP(=O)(O)OCC(CO)OC(=O)CC/C=C\C/C=C\C/C=C\C/C=C\CC. The molecule has 0 saturated heterocycles. The van der Waals surface area contributed by atoms with Crippen LogP contribution in [0.2, 0.25) is 0 Å². The number of aliphatic hydroxyl groups excluding tert-OH is 1. The zero-order valence-corrected chi connectivity index (χ0v) is 41.5. The predicted molar refractivity (Wildman–Crippen MR) is 270 cm³/mol. The topological polar surface area (TPSA) is 155 Å². The second-order valence-electron chi connectivity index (χ2n) is 15.5. The number of ether oxygens (including phenoxy) is 3. The van der Waals surface area contributed by atoms with Gasteiger partial charge in [0.2, 0.25) is 0 Å². The molecular weight excluding hydrogens is 856 g/mol. The van der Waals surface area contributed by atoms with Crippen molar-refractivity contribution in [3.63, 3.8) is 0 Å². The van der Waals surface area contributed by atoms with Gasteiger partial charge in [0.1, 0.15) is 12.7 Å². The molecule has 0 amide bonds. The van der Waals surface area contributed by atoms with Gasteiger partial charge in [-0.25, -0.2) is 4.57 Å². The smallest absolute Gasteiger partial charge is 0.462 e. The summed E-state index contributed by atoms with van der Waals surface area (Å²) in [5, 5.41) is 9.74. The molecule has 0 aliphatic heterocycles. The van der Waals surface area contributed by atoms with Gasteiger partial charge in [0.05, 0.1) is 26.2 Å². The van der Waals surface area contributed by atoms with E-state index in [1.165, 1.54) is 12.8 Å². The van der Waals surface area contributed by atoms with Gasteiger partial charge in [0.25, 0.3) is 0 Å². The Morgan fingerprint density at radius 3 is 1.39 bits per heavy atom. The Hall–Kier alpha value is -4.12. The highest BCUT2D eigenvalue weighted by atomic mass is 31.2. The number of carbonyl (C=O) groups excluding carboxylic acids is 3. The van der Waals surface area contributed by atoms with Crippen molar-refractivity contribution in [2.24, 2.45) is 0 Å². The predicted octanol–water partition coefficient (Wildman–Crippen LogP) is 13.7. The van der Waals surface area contributed by atoms with Gasteiger partial charge in [-0.3, -0.25) is 23.4 Å². The molecule has 372 valence electrons. The zero-order valence-electron chi connectivity index (χ0n) is 40.6. The van der Waals surface area contributed by atoms with Crippen LogP contribution in [0.15, 0.2) is 122 Å². The highest BCUT2D eigenvalue weighted by Gasteiger charge is 2.28. The van der Waals surface area contributed by atoms with Crippen LogP contribution in [-0.4, -0.2) is 66.5 Å². The number of carbonyl (C=O) groups is 3. The Labute approximate surface area is 398 Å². The average Bonchev–Trinajstić information content (AvgIpc) is 3.30. The maximum Gasteiger partial charge on any atom is 0.472 e. The molecule has 3 atom stereocenters. The van der Waals surface area contributed by atoms with E-state index in [0.29, 0.717) is 19.3 Å². The third-order valence-corrected chi connectivity index (χ3v) is 10.3. The first-order valence-corrected chi connectivity index (χ1v) is 25.9. The van der Waals surface area contributed by atoms with E-state index < -0.39 is 64.4 Å². The van der Waals surface area contributed by atoms with Gasteiger partial charge in [0.15, 0.2) is 6.10 Å². The molecule has 0 saturated carbocycles. The number of aliphatic hydroxyl groups is 1. The molecule has 11 nitrogen and oxygen atoms in total. The number of phosphoric acid groups is 1. The van der Waals surface area contributed by atoms with Crippen LogP contribution in [0, 0.1) is 0 Å². The lowest BCUT2D eigenvalue weighted by atomic mass is 10.1. The molecule has 0 aliphatic carbocycles. The maximum atomic E-state index is 12.8. The molecular formula is C54H85O11P. The molecule has 0 aromatic heterocycles. The first-order valence-electron chi connectivity index (χ1n) is 24.4. The fourth-order valence-corrected chi connectivity index (χ4v) is 6.50. The van der Waals surface area contributed by atoms with Gasteiger partial charge in [0, 0.05) is 12.8 Å². The van der Waals surface area contributed by atoms with Crippen LogP contribution < -0.4 is 0 Å². The van der Waals surface area contributed by atoms with Crippen molar-refractivity contribution in [3.05, 3.63) is 122 Å². The van der Waals surface area contributed by atoms with Crippen molar-refractivity contribution in [1.82, 2.24) is 0 Å². The van der Waals surface area contributed by atoms with E-state index in [1.54, 1.807) is 6.08 Å². The lowest BCUT2D eigenvalue weighted by Gasteiger charge is -2.21. The first-order chi connectivity index (χ1) is 32.2. The molecule has 0 fully saturated rings. The number of unbranched alkanes of at least 4 members (excludes halogenated alkanes) is 7. The molecule has 66 heavy (non-hydrogen) atoms. The number of allylic oxidation sites excluding steroid dienone is 19. The van der Waals surface area contributed by atoms with Crippen LogP contribution in [0.5, 0.6) is 0 Å². The molecule has 0 aromatic rings. The highest BCUT2D eigenvalue weighted by molar-refractivity contribution is 7.47. The summed E-state index contributed by atoms with van der Waals surface area (Å²) in [5.74, 6) is -1.74. The summed E-state index contributed by atoms with van der Waals surface area (Å²) in [7, 11) is -4.79. The van der Waals surface area contributed by atoms with Crippen LogP contribution >= 0.6 is 7.82 Å². The number of esters is 3. The van der Waals surface area contributed by atoms with Crippen LogP contribution in [0.3, 0.4) is 0 Å². The lowest BCUT2D eigenvalue weighted by Crippen LogP contribution is -2.30. The largest absolute Gasteiger partial charge is 0.472 e. The van der Waals surface area contributed by atoms with Gasteiger partial charge in [-0.05, 0) is 89.9 Å². The second kappa shape index (κ2) is 47.4. The standard InChI is InChI=1S/C54H85O11P/c1-4-7-10-13-16-19-22-24-25-27-30-33-36-39-42-45-54(58)65-51(47-61-52(56)43-40-37-34-31-28-21-18-15-12-9-6-3)49-63-66(59,60)62-48-50(46-55)64-53(57)44-41-38-35-32-29-26-23-20-17-14-11-8-5-2/h7-8,10-11,15-20,24-26,29-30,33,35,38-39,42,50-51,55H,4-6,9,12-14,21-23,27-28,31-32,34,36-37,40-41,43-49H2,1-3H3,(H,59,60)/b10-7-,11-8-,18-15-,19-16-,20-17-,25-24-,29-26-,33-30-,38-35-,42-39-. The van der Waals surface area contributed by atoms with Crippen molar-refractivity contribution in [1.29, 1.82) is 0 Å². The molecule has 0 radical (unpaired) electrons. The van der Waals surface area contributed by atoms with Crippen LogP contribution in [0.25, 0.3) is 0 Å². The van der Waals surface area contributed by atoms with E-state index in [1.807, 2.05) is 36.5 Å². The minimum absolute atomic E-state index is 0.0421. The van der Waals surface area contributed by atoms with Crippen LogP contribution in [0.4, 0.5) is 0 Å². The summed E-state index contributed by atoms with van der Waals surface area (Å²) in [4.78, 5) is 48.1. The number of hydrogen-bond acceptors (Lipinski definition) is 10. The summed E-state index contributed by atoms with van der Waals surface area (Å²) in [6.07, 6.45) is 56.6. The summed E-state index contributed by atoms with van der Waals surface area (Å²) < 4.78 is 39.0. The molecule has 3 unspecified atom stereocenters. The Morgan fingerprint density at radius 2 is 0.879 bits per heavy atom. The van der Waals surface area contributed by atoms with Gasteiger partial charge in [-0.1, -0.05) is 174 Å². The monoisotopic (exact) mass is 941 g/mol. The van der Waals surface area contributed by atoms with Gasteiger partial charge in [-0.15, -0.1) is 0 Å². The van der Waals surface area contributed by atoms with Crippen molar-refractivity contribution in [3.8, 4) is 0 Å². The summed E-state index contributed by atoms with van der Waals surface area (Å²) in [6, 6.07) is 0. The van der Waals surface area contributed by atoms with Crippen molar-refractivity contribution in [2.45, 2.75) is 174 Å². The highest BCUT2D eigenvalue weighted by Crippen LogP contribution is 2.43. The van der Waals surface area contributed by atoms with E-state index in [0.717, 1.165) is 89.9 Å². The molecule has 0 heterocycles. The third-order valence-electron chi connectivity index (χ3n) is 9.40. The molecule has 12 heteroatoms. The number of hydrogen-bond donors (Lipinski definition) is 2. The van der Waals surface area contributed by atoms with Gasteiger partial charge < -0.3 is 24.2 Å². The van der Waals surface area contributed by atoms with E-state index in [9.17, 15) is 28.9 Å². The maximum absolute atomic E-state index is 12.8. The summed E-state index contributed by atoms with van der Waals surface area (Å²) in [6.45, 7) is 4.11. The normalized spacial score (nSPS) is 14.6. The first kappa shape index (κ1) is 61.9. The lowest BCUT2D eigenvalue weighted by molar-refractivity contribution is -0.160. The molecule has 0 aromatic carbocycles. The number of rotatable bonds is 43. The second-order valence-corrected chi connectivity index (χ2v) is 17.0. The van der Waals surface area contributed by atoms with Crippen molar-refractivity contribution in [2.75, 3.05) is 26.4 Å². The Kier molecular flexibility index (Phi) is 44.4. The van der Waals surface area contributed by atoms with Crippen molar-refractivity contribution >= 4 is 25.7 Å². The van der Waals surface area contributed by atoms with Crippen molar-refractivity contribution < 1.29 is 52.2 Å². The molecule has 0 rings (SSSR count). The number of phosphoric ester groups is 1. The Morgan fingerprint density at radius 1 is 0.455 bits per heavy atom. The Balaban J connectivity index is 4.96. The minimum Gasteiger partial charge on any atom is -0.462 e. The molecule has 0 bridgehead atoms. The quantitative estimate of drug-likeness (QED) is 0.0197.